The van der Waals surface area contributed by atoms with E-state index < -0.39 is 0 Å². The van der Waals surface area contributed by atoms with E-state index in [1.54, 1.807) is 7.11 Å². The number of thiophene rings is 1. The Morgan fingerprint density at radius 3 is 2.59 bits per heavy atom. The molecular weight excluding hydrogens is 358 g/mol. The van der Waals surface area contributed by atoms with Crippen LogP contribution in [0.3, 0.4) is 0 Å². The molecule has 0 unspecified atom stereocenters. The number of benzene rings is 2. The van der Waals surface area contributed by atoms with Crippen LogP contribution in [0.5, 0.6) is 5.75 Å². The number of nitrogens with zero attached hydrogens (tertiary/aromatic N) is 2. The molecule has 0 spiro atoms. The first-order valence-corrected chi connectivity index (χ1v) is 9.42. The van der Waals surface area contributed by atoms with Crippen molar-refractivity contribution in [3.05, 3.63) is 76.8 Å². The van der Waals surface area contributed by atoms with E-state index in [-0.39, 0.29) is 5.91 Å². The number of hydrogen-bond acceptors (Lipinski definition) is 4. The third-order valence-corrected chi connectivity index (χ3v) is 5.50. The highest BCUT2D eigenvalue weighted by atomic mass is 32.1. The van der Waals surface area contributed by atoms with Crippen molar-refractivity contribution in [2.24, 2.45) is 0 Å². The Morgan fingerprint density at radius 1 is 1.15 bits per heavy atom. The lowest BCUT2D eigenvalue weighted by Crippen LogP contribution is -2.10. The lowest BCUT2D eigenvalue weighted by atomic mass is 10.2. The first-order valence-electron chi connectivity index (χ1n) is 8.60. The summed E-state index contributed by atoms with van der Waals surface area (Å²) in [7, 11) is 1.62. The highest BCUT2D eigenvalue weighted by Crippen LogP contribution is 2.29. The molecule has 1 amide bonds. The first kappa shape index (κ1) is 17.3. The predicted molar refractivity (Wildman–Crippen MR) is 109 cm³/mol. The molecule has 136 valence electrons. The van der Waals surface area contributed by atoms with Gasteiger partial charge in [-0.1, -0.05) is 30.3 Å². The minimum Gasteiger partial charge on any atom is -0.497 e. The maximum atomic E-state index is 12.7. The van der Waals surface area contributed by atoms with Crippen LogP contribution in [0.25, 0.3) is 10.2 Å². The zero-order chi connectivity index (χ0) is 18.8. The van der Waals surface area contributed by atoms with Crippen molar-refractivity contribution in [1.29, 1.82) is 0 Å². The Hall–Kier alpha value is -3.12. The van der Waals surface area contributed by atoms with Gasteiger partial charge in [0.25, 0.3) is 5.91 Å². The van der Waals surface area contributed by atoms with E-state index in [2.05, 4.69) is 22.5 Å². The monoisotopic (exact) mass is 377 g/mol. The third kappa shape index (κ3) is 3.57. The molecule has 0 fully saturated rings. The Bertz CT molecular complexity index is 1080. The Balaban J connectivity index is 1.59. The standard InChI is InChI=1S/C21H19N3O2S/c1-14-18-12-19(20(25)22-16-8-10-17(26-2)11-9-16)27-21(18)24(23-14)13-15-6-4-3-5-7-15/h3-12H,13H2,1-2H3,(H,22,25). The summed E-state index contributed by atoms with van der Waals surface area (Å²) < 4.78 is 7.11. The van der Waals surface area contributed by atoms with Crippen molar-refractivity contribution in [2.45, 2.75) is 13.5 Å². The Morgan fingerprint density at radius 2 is 1.89 bits per heavy atom. The predicted octanol–water partition coefficient (Wildman–Crippen LogP) is 4.72. The van der Waals surface area contributed by atoms with Crippen molar-refractivity contribution in [1.82, 2.24) is 9.78 Å². The maximum Gasteiger partial charge on any atom is 0.265 e. The highest BCUT2D eigenvalue weighted by Gasteiger charge is 2.16. The number of anilines is 1. The van der Waals surface area contributed by atoms with E-state index in [0.29, 0.717) is 11.4 Å². The number of hydrogen-bond donors (Lipinski definition) is 1. The second-order valence-electron chi connectivity index (χ2n) is 6.24. The summed E-state index contributed by atoms with van der Waals surface area (Å²) in [5, 5.41) is 8.59. The Kier molecular flexibility index (Phi) is 4.64. The average Bonchev–Trinajstić information content (AvgIpc) is 3.25. The molecule has 0 aliphatic rings. The van der Waals surface area contributed by atoms with Gasteiger partial charge in [0.05, 0.1) is 24.2 Å². The summed E-state index contributed by atoms with van der Waals surface area (Å²) in [6.07, 6.45) is 0. The van der Waals surface area contributed by atoms with Crippen LogP contribution in [0.1, 0.15) is 20.9 Å². The Labute approximate surface area is 161 Å². The van der Waals surface area contributed by atoms with Crippen LogP contribution in [0, 0.1) is 6.92 Å². The van der Waals surface area contributed by atoms with E-state index >= 15 is 0 Å². The van der Waals surface area contributed by atoms with Gasteiger partial charge in [-0.15, -0.1) is 11.3 Å². The molecule has 0 bridgehead atoms. The number of amides is 1. The highest BCUT2D eigenvalue weighted by molar-refractivity contribution is 7.20. The van der Waals surface area contributed by atoms with Gasteiger partial charge in [-0.2, -0.15) is 5.10 Å². The molecule has 2 heterocycles. The molecule has 2 aromatic carbocycles. The van der Waals surface area contributed by atoms with Crippen LogP contribution < -0.4 is 10.1 Å². The van der Waals surface area contributed by atoms with Crippen molar-refractivity contribution in [3.8, 4) is 5.75 Å². The van der Waals surface area contributed by atoms with Gasteiger partial charge >= 0.3 is 0 Å². The molecule has 4 aromatic rings. The number of aromatic nitrogens is 2. The summed E-state index contributed by atoms with van der Waals surface area (Å²) in [5.74, 6) is 0.638. The van der Waals surface area contributed by atoms with Gasteiger partial charge in [0.15, 0.2) is 0 Å². The van der Waals surface area contributed by atoms with Crippen LogP contribution in [-0.2, 0) is 6.54 Å². The fraction of sp³-hybridized carbons (Fsp3) is 0.143. The van der Waals surface area contributed by atoms with Crippen LogP contribution in [-0.4, -0.2) is 22.8 Å². The molecule has 0 saturated carbocycles. The number of carbonyl (C=O) groups is 1. The fourth-order valence-electron chi connectivity index (χ4n) is 2.96. The van der Waals surface area contributed by atoms with Crippen LogP contribution in [0.15, 0.2) is 60.7 Å². The smallest absolute Gasteiger partial charge is 0.265 e. The molecule has 2 aromatic heterocycles. The van der Waals surface area contributed by atoms with Crippen molar-refractivity contribution >= 4 is 33.1 Å². The van der Waals surface area contributed by atoms with Gasteiger partial charge in [0, 0.05) is 11.1 Å². The summed E-state index contributed by atoms with van der Waals surface area (Å²) >= 11 is 1.46. The van der Waals surface area contributed by atoms with E-state index in [4.69, 9.17) is 4.74 Å². The van der Waals surface area contributed by atoms with Gasteiger partial charge < -0.3 is 10.1 Å². The summed E-state index contributed by atoms with van der Waals surface area (Å²) in [4.78, 5) is 14.3. The van der Waals surface area contributed by atoms with Crippen LogP contribution in [0.4, 0.5) is 5.69 Å². The van der Waals surface area contributed by atoms with Crippen LogP contribution >= 0.6 is 11.3 Å². The topological polar surface area (TPSA) is 56.1 Å². The molecule has 0 radical (unpaired) electrons. The summed E-state index contributed by atoms with van der Waals surface area (Å²) in [6, 6.07) is 19.4. The second kappa shape index (κ2) is 7.25. The number of aryl methyl sites for hydroxylation is 1. The molecule has 6 heteroatoms. The van der Waals surface area contributed by atoms with E-state index in [9.17, 15) is 4.79 Å². The minimum atomic E-state index is -0.118. The zero-order valence-corrected chi connectivity index (χ0v) is 15.9. The second-order valence-corrected chi connectivity index (χ2v) is 7.27. The molecule has 0 aliphatic carbocycles. The molecule has 0 atom stereocenters. The molecular formula is C21H19N3O2S. The number of fused-ring (bicyclic) bond motifs is 1. The number of ether oxygens (including phenoxy) is 1. The molecule has 27 heavy (non-hydrogen) atoms. The lowest BCUT2D eigenvalue weighted by Gasteiger charge is -2.05. The minimum absolute atomic E-state index is 0.118. The van der Waals surface area contributed by atoms with E-state index in [0.717, 1.165) is 27.3 Å². The SMILES string of the molecule is COc1ccc(NC(=O)c2cc3c(C)nn(Cc4ccccc4)c3s2)cc1. The van der Waals surface area contributed by atoms with Crippen molar-refractivity contribution < 1.29 is 9.53 Å². The average molecular weight is 377 g/mol. The number of nitrogens with one attached hydrogen (secondary N) is 1. The molecule has 1 N–H and O–H groups in total. The van der Waals surface area contributed by atoms with Gasteiger partial charge in [0.2, 0.25) is 0 Å². The number of carbonyl (C=O) groups excluding carboxylic acids is 1. The lowest BCUT2D eigenvalue weighted by molar-refractivity contribution is 0.103. The fourth-order valence-corrected chi connectivity index (χ4v) is 4.01. The molecule has 0 saturated heterocycles. The van der Waals surface area contributed by atoms with E-state index in [1.807, 2.05) is 60.1 Å². The molecule has 0 aliphatic heterocycles. The van der Waals surface area contributed by atoms with Gasteiger partial charge in [-0.05, 0) is 42.8 Å². The number of methoxy groups -OCH3 is 1. The van der Waals surface area contributed by atoms with Crippen LogP contribution in [0.2, 0.25) is 0 Å². The number of rotatable bonds is 5. The zero-order valence-electron chi connectivity index (χ0n) is 15.1. The molecule has 5 nitrogen and oxygen atoms in total. The van der Waals surface area contributed by atoms with Gasteiger partial charge in [-0.25, -0.2) is 0 Å². The summed E-state index contributed by atoms with van der Waals surface area (Å²) in [6.45, 7) is 2.66. The maximum absolute atomic E-state index is 12.7. The third-order valence-electron chi connectivity index (χ3n) is 4.35. The largest absolute Gasteiger partial charge is 0.497 e. The van der Waals surface area contributed by atoms with Crippen molar-refractivity contribution in [2.75, 3.05) is 12.4 Å². The van der Waals surface area contributed by atoms with Crippen molar-refractivity contribution in [3.63, 3.8) is 0 Å². The quantitative estimate of drug-likeness (QED) is 0.548. The first-order chi connectivity index (χ1) is 13.1. The van der Waals surface area contributed by atoms with Gasteiger partial charge in [-0.3, -0.25) is 9.48 Å². The summed E-state index contributed by atoms with van der Waals surface area (Å²) in [5.41, 5.74) is 2.85. The van der Waals surface area contributed by atoms with E-state index in [1.165, 1.54) is 16.9 Å². The normalized spacial score (nSPS) is 10.9. The molecule has 4 rings (SSSR count). The van der Waals surface area contributed by atoms with Gasteiger partial charge in [0.1, 0.15) is 10.6 Å².